The van der Waals surface area contributed by atoms with Gasteiger partial charge in [0, 0.05) is 19.1 Å². The number of carbonyl (C=O) groups excluding carboxylic acids is 1. The van der Waals surface area contributed by atoms with E-state index >= 15 is 0 Å². The molecule has 0 heterocycles. The average molecular weight is 184 g/mol. The molecule has 0 aromatic heterocycles. The Morgan fingerprint density at radius 3 is 2.38 bits per heavy atom. The van der Waals surface area contributed by atoms with E-state index in [4.69, 9.17) is 0 Å². The zero-order valence-corrected chi connectivity index (χ0v) is 9.00. The lowest BCUT2D eigenvalue weighted by Gasteiger charge is -2.35. The van der Waals surface area contributed by atoms with Gasteiger partial charge in [0.25, 0.3) is 0 Å². The Balaban J connectivity index is 2.25. The SMILES string of the molecule is CC1CC(NC(=O)N(C)C(C)C)C1. The summed E-state index contributed by atoms with van der Waals surface area (Å²) in [5.41, 5.74) is 0. The molecule has 1 fully saturated rings. The molecule has 1 saturated carbocycles. The van der Waals surface area contributed by atoms with Gasteiger partial charge in [-0.3, -0.25) is 0 Å². The van der Waals surface area contributed by atoms with Gasteiger partial charge in [0.15, 0.2) is 0 Å². The van der Waals surface area contributed by atoms with Gasteiger partial charge in [-0.25, -0.2) is 4.79 Å². The molecule has 0 radical (unpaired) electrons. The summed E-state index contributed by atoms with van der Waals surface area (Å²) < 4.78 is 0. The van der Waals surface area contributed by atoms with Crippen LogP contribution in [0.15, 0.2) is 0 Å². The smallest absolute Gasteiger partial charge is 0.317 e. The molecule has 1 N–H and O–H groups in total. The molecule has 0 spiro atoms. The van der Waals surface area contributed by atoms with E-state index in [2.05, 4.69) is 12.2 Å². The Morgan fingerprint density at radius 1 is 1.46 bits per heavy atom. The molecule has 13 heavy (non-hydrogen) atoms. The molecule has 0 aliphatic heterocycles. The number of hydrogen-bond donors (Lipinski definition) is 1. The molecule has 1 aliphatic carbocycles. The lowest BCUT2D eigenvalue weighted by molar-refractivity contribution is 0.174. The van der Waals surface area contributed by atoms with Gasteiger partial charge in [-0.2, -0.15) is 0 Å². The van der Waals surface area contributed by atoms with Crippen LogP contribution in [-0.2, 0) is 0 Å². The number of carbonyl (C=O) groups is 1. The zero-order valence-electron chi connectivity index (χ0n) is 9.00. The van der Waals surface area contributed by atoms with Crippen molar-refractivity contribution < 1.29 is 4.79 Å². The summed E-state index contributed by atoms with van der Waals surface area (Å²) in [5, 5.41) is 3.01. The zero-order chi connectivity index (χ0) is 10.0. The van der Waals surface area contributed by atoms with E-state index < -0.39 is 0 Å². The Bertz CT molecular complexity index is 185. The molecule has 1 aliphatic rings. The van der Waals surface area contributed by atoms with E-state index in [-0.39, 0.29) is 12.1 Å². The first-order valence-electron chi connectivity index (χ1n) is 5.04. The molecular weight excluding hydrogens is 164 g/mol. The maximum absolute atomic E-state index is 11.5. The minimum atomic E-state index is 0.0619. The minimum Gasteiger partial charge on any atom is -0.335 e. The Hall–Kier alpha value is -0.730. The summed E-state index contributed by atoms with van der Waals surface area (Å²) >= 11 is 0. The predicted octanol–water partition coefficient (Wildman–Crippen LogP) is 1.83. The van der Waals surface area contributed by atoms with Crippen molar-refractivity contribution in [2.24, 2.45) is 5.92 Å². The number of rotatable bonds is 2. The first-order valence-corrected chi connectivity index (χ1v) is 5.04. The molecule has 0 saturated heterocycles. The fourth-order valence-corrected chi connectivity index (χ4v) is 1.53. The lowest BCUT2D eigenvalue weighted by atomic mass is 9.82. The van der Waals surface area contributed by atoms with Crippen LogP contribution >= 0.6 is 0 Å². The second-order valence-electron chi connectivity index (χ2n) is 4.43. The van der Waals surface area contributed by atoms with E-state index in [0.29, 0.717) is 6.04 Å². The van der Waals surface area contributed by atoms with Crippen molar-refractivity contribution >= 4 is 6.03 Å². The highest BCUT2D eigenvalue weighted by molar-refractivity contribution is 5.74. The number of hydrogen-bond acceptors (Lipinski definition) is 1. The van der Waals surface area contributed by atoms with Gasteiger partial charge >= 0.3 is 6.03 Å². The fraction of sp³-hybridized carbons (Fsp3) is 0.900. The fourth-order valence-electron chi connectivity index (χ4n) is 1.53. The van der Waals surface area contributed by atoms with Gasteiger partial charge in [0.2, 0.25) is 0 Å². The number of nitrogens with one attached hydrogen (secondary N) is 1. The first-order chi connectivity index (χ1) is 6.00. The quantitative estimate of drug-likeness (QED) is 0.697. The van der Waals surface area contributed by atoms with Crippen LogP contribution in [0.25, 0.3) is 0 Å². The van der Waals surface area contributed by atoms with Crippen LogP contribution in [0.2, 0.25) is 0 Å². The van der Waals surface area contributed by atoms with E-state index in [1.807, 2.05) is 20.9 Å². The number of nitrogens with zero attached hydrogens (tertiary/aromatic N) is 1. The standard InChI is InChI=1S/C10H20N2O/c1-7(2)12(4)10(13)11-9-5-8(3)6-9/h7-9H,5-6H2,1-4H3,(H,11,13). The van der Waals surface area contributed by atoms with Gasteiger partial charge in [-0.05, 0) is 32.6 Å². The lowest BCUT2D eigenvalue weighted by Crippen LogP contribution is -2.49. The van der Waals surface area contributed by atoms with Gasteiger partial charge in [0.05, 0.1) is 0 Å². The molecule has 2 amide bonds. The normalized spacial score (nSPS) is 26.8. The summed E-state index contributed by atoms with van der Waals surface area (Å²) in [6.07, 6.45) is 2.27. The van der Waals surface area contributed by atoms with E-state index in [0.717, 1.165) is 18.8 Å². The summed E-state index contributed by atoms with van der Waals surface area (Å²) in [7, 11) is 1.84. The highest BCUT2D eigenvalue weighted by Gasteiger charge is 2.27. The van der Waals surface area contributed by atoms with Crippen LogP contribution in [0.5, 0.6) is 0 Å². The Kier molecular flexibility index (Phi) is 3.17. The van der Waals surface area contributed by atoms with Crippen molar-refractivity contribution in [2.45, 2.75) is 45.7 Å². The Morgan fingerprint density at radius 2 is 2.00 bits per heavy atom. The molecule has 0 aromatic rings. The summed E-state index contributed by atoms with van der Waals surface area (Å²) in [5.74, 6) is 0.787. The van der Waals surface area contributed by atoms with Gasteiger partial charge in [-0.15, -0.1) is 0 Å². The van der Waals surface area contributed by atoms with Crippen molar-refractivity contribution in [1.29, 1.82) is 0 Å². The first kappa shape index (κ1) is 10.4. The van der Waals surface area contributed by atoms with E-state index in [9.17, 15) is 4.79 Å². The van der Waals surface area contributed by atoms with Crippen LogP contribution in [0.3, 0.4) is 0 Å². The highest BCUT2D eigenvalue weighted by Crippen LogP contribution is 2.26. The maximum Gasteiger partial charge on any atom is 0.317 e. The number of urea groups is 1. The third-order valence-corrected chi connectivity index (χ3v) is 2.80. The third kappa shape index (κ3) is 2.61. The Labute approximate surface area is 80.5 Å². The molecule has 3 heteroatoms. The molecule has 3 nitrogen and oxygen atoms in total. The van der Waals surface area contributed by atoms with Crippen LogP contribution < -0.4 is 5.32 Å². The van der Waals surface area contributed by atoms with Crippen molar-refractivity contribution in [2.75, 3.05) is 7.05 Å². The molecule has 0 bridgehead atoms. The monoisotopic (exact) mass is 184 g/mol. The summed E-state index contributed by atoms with van der Waals surface area (Å²) in [6.45, 7) is 6.25. The molecule has 76 valence electrons. The molecule has 0 aromatic carbocycles. The highest BCUT2D eigenvalue weighted by atomic mass is 16.2. The second kappa shape index (κ2) is 3.99. The topological polar surface area (TPSA) is 32.3 Å². The largest absolute Gasteiger partial charge is 0.335 e. The molecular formula is C10H20N2O. The van der Waals surface area contributed by atoms with E-state index in [1.54, 1.807) is 4.90 Å². The van der Waals surface area contributed by atoms with E-state index in [1.165, 1.54) is 0 Å². The second-order valence-corrected chi connectivity index (χ2v) is 4.43. The van der Waals surface area contributed by atoms with Crippen molar-refractivity contribution in [3.63, 3.8) is 0 Å². The molecule has 0 atom stereocenters. The van der Waals surface area contributed by atoms with Crippen LogP contribution in [-0.4, -0.2) is 30.1 Å². The molecule has 0 unspecified atom stereocenters. The average Bonchev–Trinajstić information content (AvgIpc) is 2.00. The molecule has 1 rings (SSSR count). The van der Waals surface area contributed by atoms with Crippen molar-refractivity contribution in [1.82, 2.24) is 10.2 Å². The van der Waals surface area contributed by atoms with Crippen LogP contribution in [0.4, 0.5) is 4.79 Å². The minimum absolute atomic E-state index is 0.0619. The number of amides is 2. The van der Waals surface area contributed by atoms with Gasteiger partial charge in [-0.1, -0.05) is 6.92 Å². The van der Waals surface area contributed by atoms with Crippen LogP contribution in [0.1, 0.15) is 33.6 Å². The van der Waals surface area contributed by atoms with Gasteiger partial charge in [0.1, 0.15) is 0 Å². The summed E-state index contributed by atoms with van der Waals surface area (Å²) in [4.78, 5) is 13.2. The summed E-state index contributed by atoms with van der Waals surface area (Å²) in [6, 6.07) is 0.758. The van der Waals surface area contributed by atoms with Crippen LogP contribution in [0, 0.1) is 5.92 Å². The maximum atomic E-state index is 11.5. The van der Waals surface area contributed by atoms with Crippen molar-refractivity contribution in [3.05, 3.63) is 0 Å². The third-order valence-electron chi connectivity index (χ3n) is 2.80. The van der Waals surface area contributed by atoms with Gasteiger partial charge < -0.3 is 10.2 Å². The predicted molar refractivity (Wildman–Crippen MR) is 53.6 cm³/mol. The van der Waals surface area contributed by atoms with Crippen molar-refractivity contribution in [3.8, 4) is 0 Å².